The summed E-state index contributed by atoms with van der Waals surface area (Å²) in [7, 11) is 0. The third-order valence-corrected chi connectivity index (χ3v) is 5.03. The Morgan fingerprint density at radius 3 is 2.54 bits per heavy atom. The molecule has 4 rings (SSSR count). The number of likely N-dealkylation sites (tertiary alicyclic amines) is 1. The molecule has 2 amide bonds. The number of amides is 2. The zero-order valence-corrected chi connectivity index (χ0v) is 13.2. The van der Waals surface area contributed by atoms with E-state index in [1.54, 1.807) is 48.5 Å². The second-order valence-electron chi connectivity index (χ2n) is 6.17. The van der Waals surface area contributed by atoms with Crippen LogP contribution in [0, 0.1) is 11.8 Å². The van der Waals surface area contributed by atoms with Crippen molar-refractivity contribution in [3.63, 3.8) is 0 Å². The molecule has 0 bridgehead atoms. The van der Waals surface area contributed by atoms with Crippen LogP contribution in [-0.4, -0.2) is 52.3 Å². The summed E-state index contributed by atoms with van der Waals surface area (Å²) in [6.45, 7) is 2.11. The molecular weight excluding hydrogens is 306 g/mol. The van der Waals surface area contributed by atoms with Crippen LogP contribution in [0.15, 0.2) is 47.6 Å². The number of fused-ring (bicyclic) bond motifs is 3. The van der Waals surface area contributed by atoms with Crippen molar-refractivity contribution < 1.29 is 14.4 Å². The van der Waals surface area contributed by atoms with E-state index >= 15 is 0 Å². The van der Waals surface area contributed by atoms with Crippen LogP contribution in [-0.2, 0) is 9.59 Å². The quantitative estimate of drug-likeness (QED) is 0.617. The third-order valence-electron chi connectivity index (χ3n) is 5.03. The van der Waals surface area contributed by atoms with Crippen LogP contribution in [0.3, 0.4) is 0 Å². The third kappa shape index (κ3) is 1.89. The Balaban J connectivity index is 1.79. The number of carbonyl (C=O) groups excluding carboxylic acids is 3. The minimum atomic E-state index is -0.739. The molecule has 0 radical (unpaired) electrons. The second-order valence-corrected chi connectivity index (χ2v) is 6.17. The molecule has 3 aliphatic heterocycles. The van der Waals surface area contributed by atoms with Crippen molar-refractivity contribution in [1.82, 2.24) is 9.91 Å². The van der Waals surface area contributed by atoms with Crippen LogP contribution in [0.1, 0.15) is 17.3 Å². The number of benzene rings is 1. The summed E-state index contributed by atoms with van der Waals surface area (Å²) in [5.74, 6) is -1.84. The lowest BCUT2D eigenvalue weighted by Crippen LogP contribution is -2.45. The first kappa shape index (κ1) is 14.8. The Morgan fingerprint density at radius 1 is 1.12 bits per heavy atom. The van der Waals surface area contributed by atoms with E-state index in [9.17, 15) is 14.4 Å². The van der Waals surface area contributed by atoms with Gasteiger partial charge in [0.2, 0.25) is 11.8 Å². The van der Waals surface area contributed by atoms with Gasteiger partial charge in [0.1, 0.15) is 6.04 Å². The van der Waals surface area contributed by atoms with Crippen molar-refractivity contribution in [2.45, 2.75) is 19.0 Å². The fraction of sp³-hybridized carbons (Fsp3) is 0.333. The van der Waals surface area contributed by atoms with Crippen LogP contribution < -0.4 is 0 Å². The lowest BCUT2D eigenvalue weighted by atomic mass is 9.86. The van der Waals surface area contributed by atoms with Gasteiger partial charge in [-0.2, -0.15) is 5.10 Å². The van der Waals surface area contributed by atoms with Crippen molar-refractivity contribution in [1.29, 1.82) is 0 Å². The molecule has 6 heteroatoms. The summed E-state index contributed by atoms with van der Waals surface area (Å²) < 4.78 is 0. The highest BCUT2D eigenvalue weighted by Gasteiger charge is 2.63. The van der Waals surface area contributed by atoms with Crippen molar-refractivity contribution >= 4 is 23.8 Å². The second kappa shape index (κ2) is 5.40. The number of rotatable bonds is 3. The van der Waals surface area contributed by atoms with Crippen molar-refractivity contribution in [2.24, 2.45) is 16.9 Å². The van der Waals surface area contributed by atoms with Gasteiger partial charge in [-0.15, -0.1) is 0 Å². The average molecular weight is 323 g/mol. The molecule has 122 valence electrons. The lowest BCUT2D eigenvalue weighted by molar-refractivity contribution is -0.141. The van der Waals surface area contributed by atoms with Crippen LogP contribution in [0.4, 0.5) is 0 Å². The van der Waals surface area contributed by atoms with E-state index in [4.69, 9.17) is 0 Å². The number of nitrogens with zero attached hydrogens (tertiary/aromatic N) is 3. The number of hydrazone groups is 1. The fourth-order valence-corrected chi connectivity index (χ4v) is 3.98. The largest absolute Gasteiger partial charge is 0.292 e. The van der Waals surface area contributed by atoms with Gasteiger partial charge < -0.3 is 0 Å². The molecule has 0 spiro atoms. The van der Waals surface area contributed by atoms with Gasteiger partial charge in [-0.25, -0.2) is 0 Å². The molecule has 3 heterocycles. The molecule has 24 heavy (non-hydrogen) atoms. The summed E-state index contributed by atoms with van der Waals surface area (Å²) in [5, 5.41) is 5.93. The maximum Gasteiger partial charge on any atom is 0.235 e. The average Bonchev–Trinajstić information content (AvgIpc) is 3.08. The Kier molecular flexibility index (Phi) is 3.33. The summed E-state index contributed by atoms with van der Waals surface area (Å²) >= 11 is 0. The summed E-state index contributed by atoms with van der Waals surface area (Å²) in [6, 6.07) is 7.79. The predicted octanol–water partition coefficient (Wildman–Crippen LogP) is 1.10. The first-order valence-electron chi connectivity index (χ1n) is 8.08. The molecule has 3 aliphatic rings. The molecule has 0 N–H and O–H groups in total. The normalized spacial score (nSPS) is 30.7. The summed E-state index contributed by atoms with van der Waals surface area (Å²) in [5.41, 5.74) is 0.529. The van der Waals surface area contributed by atoms with Crippen LogP contribution in [0.2, 0.25) is 0 Å². The zero-order valence-electron chi connectivity index (χ0n) is 13.2. The number of imide groups is 1. The molecule has 2 saturated heterocycles. The highest BCUT2D eigenvalue weighted by atomic mass is 16.2. The Bertz CT molecular complexity index is 771. The van der Waals surface area contributed by atoms with Crippen LogP contribution in [0.5, 0.6) is 0 Å². The molecule has 0 unspecified atom stereocenters. The summed E-state index contributed by atoms with van der Waals surface area (Å²) in [6.07, 6.45) is 5.21. The van der Waals surface area contributed by atoms with Gasteiger partial charge in [-0.05, 0) is 13.0 Å². The first-order chi connectivity index (χ1) is 11.6. The number of Topliss-reactive ketones (excluding diaryl/α,β-unsaturated/α-hetero) is 1. The first-order valence-corrected chi connectivity index (χ1v) is 8.08. The molecule has 6 nitrogen and oxygen atoms in total. The van der Waals surface area contributed by atoms with Crippen LogP contribution >= 0.6 is 0 Å². The van der Waals surface area contributed by atoms with E-state index in [1.165, 1.54) is 4.90 Å². The van der Waals surface area contributed by atoms with E-state index in [1.807, 2.05) is 12.1 Å². The van der Waals surface area contributed by atoms with Gasteiger partial charge in [0.05, 0.1) is 17.9 Å². The molecule has 2 fully saturated rings. The van der Waals surface area contributed by atoms with E-state index in [2.05, 4.69) is 5.10 Å². The van der Waals surface area contributed by atoms with Gasteiger partial charge >= 0.3 is 0 Å². The molecule has 1 aromatic rings. The smallest absolute Gasteiger partial charge is 0.235 e. The molecule has 0 saturated carbocycles. The highest BCUT2D eigenvalue weighted by Crippen LogP contribution is 2.44. The maximum absolute atomic E-state index is 13.1. The van der Waals surface area contributed by atoms with Crippen LogP contribution in [0.25, 0.3) is 0 Å². The number of ketones is 1. The van der Waals surface area contributed by atoms with E-state index in [-0.39, 0.29) is 23.6 Å². The highest BCUT2D eigenvalue weighted by molar-refractivity contribution is 6.11. The monoisotopic (exact) mass is 323 g/mol. The van der Waals surface area contributed by atoms with Gasteiger partial charge in [0, 0.05) is 18.3 Å². The number of carbonyl (C=O) groups is 3. The van der Waals surface area contributed by atoms with E-state index < -0.39 is 17.9 Å². The van der Waals surface area contributed by atoms with Crippen molar-refractivity contribution in [3.05, 3.63) is 48.0 Å². The fourth-order valence-electron chi connectivity index (χ4n) is 3.98. The minimum absolute atomic E-state index is 0.167. The predicted molar refractivity (Wildman–Crippen MR) is 87.2 cm³/mol. The molecule has 0 aromatic heterocycles. The molecular formula is C18H17N3O3. The van der Waals surface area contributed by atoms with E-state index in [0.717, 1.165) is 0 Å². The van der Waals surface area contributed by atoms with Gasteiger partial charge in [0.25, 0.3) is 0 Å². The Hall–Kier alpha value is -2.76. The standard InChI is InChI=1S/C18H17N3O3/c1-2-20-17(23)13-12-9-6-10-19-21(12)15(14(13)18(20)24)16(22)11-7-4-3-5-8-11/h3-10,12-15H,2H2,1H3/t12-,13-,14+,15-/m0/s1. The van der Waals surface area contributed by atoms with Gasteiger partial charge in [0.15, 0.2) is 5.78 Å². The molecule has 1 aromatic carbocycles. The van der Waals surface area contributed by atoms with Gasteiger partial charge in [-0.1, -0.05) is 36.4 Å². The molecule has 0 aliphatic carbocycles. The number of allylic oxidation sites excluding steroid dienone is 1. The zero-order chi connectivity index (χ0) is 16.8. The Morgan fingerprint density at radius 2 is 1.83 bits per heavy atom. The van der Waals surface area contributed by atoms with Gasteiger partial charge in [-0.3, -0.25) is 24.3 Å². The molecule has 4 atom stereocenters. The summed E-state index contributed by atoms with van der Waals surface area (Å²) in [4.78, 5) is 39.8. The number of hydrogen-bond acceptors (Lipinski definition) is 5. The Labute approximate surface area is 139 Å². The van der Waals surface area contributed by atoms with Crippen molar-refractivity contribution in [3.8, 4) is 0 Å². The minimum Gasteiger partial charge on any atom is -0.292 e. The SMILES string of the molecule is CCN1C(=O)[C@@H]2[C@@H](C1=O)[C@@H]1C=CC=NN1[C@@H]2C(=O)c1ccccc1. The number of hydrogen-bond donors (Lipinski definition) is 0. The van der Waals surface area contributed by atoms with E-state index in [0.29, 0.717) is 12.1 Å². The maximum atomic E-state index is 13.1. The lowest BCUT2D eigenvalue weighted by Gasteiger charge is -2.30. The van der Waals surface area contributed by atoms with Crippen molar-refractivity contribution in [2.75, 3.05) is 6.54 Å². The topological polar surface area (TPSA) is 70.1 Å².